The molecule has 1 heterocycles. The van der Waals surface area contributed by atoms with Crippen LogP contribution in [0.1, 0.15) is 26.3 Å². The highest BCUT2D eigenvalue weighted by molar-refractivity contribution is 8.00. The Morgan fingerprint density at radius 2 is 1.86 bits per heavy atom. The Hall–Kier alpha value is -2.10. The molecule has 0 bridgehead atoms. The number of aromatic hydroxyl groups is 1. The Balaban J connectivity index is 2.18. The van der Waals surface area contributed by atoms with Crippen molar-refractivity contribution in [1.29, 1.82) is 0 Å². The first-order valence-electron chi connectivity index (χ1n) is 8.58. The number of aromatic nitrogens is 2. The molecule has 7 nitrogen and oxygen atoms in total. The van der Waals surface area contributed by atoms with Crippen molar-refractivity contribution in [3.05, 3.63) is 50.0 Å². The molecule has 0 aliphatic rings. The number of amides is 1. The molecule has 2 rings (SSSR count). The largest absolute Gasteiger partial charge is 0.494 e. The van der Waals surface area contributed by atoms with Crippen molar-refractivity contribution in [2.75, 3.05) is 5.75 Å². The van der Waals surface area contributed by atoms with Gasteiger partial charge in [0, 0.05) is 23.0 Å². The summed E-state index contributed by atoms with van der Waals surface area (Å²) in [7, 11) is 0. The zero-order chi connectivity index (χ0) is 20.8. The summed E-state index contributed by atoms with van der Waals surface area (Å²) < 4.78 is 3.07. The molecule has 0 unspecified atom stereocenters. The second-order valence-corrected chi connectivity index (χ2v) is 7.60. The van der Waals surface area contributed by atoms with Crippen LogP contribution < -0.4 is 11.0 Å². The van der Waals surface area contributed by atoms with E-state index in [0.29, 0.717) is 18.1 Å². The monoisotopic (exact) mass is 440 g/mol. The summed E-state index contributed by atoms with van der Waals surface area (Å²) in [5.74, 6) is -0.449. The zero-order valence-corrected chi connectivity index (χ0v) is 18.1. The van der Waals surface area contributed by atoms with Crippen molar-refractivity contribution in [2.24, 2.45) is 5.10 Å². The number of hydrazone groups is 1. The maximum Gasteiger partial charge on any atom is 0.267 e. The van der Waals surface area contributed by atoms with E-state index in [1.807, 2.05) is 19.1 Å². The van der Waals surface area contributed by atoms with Crippen molar-refractivity contribution < 1.29 is 9.90 Å². The molecule has 2 N–H and O–H groups in total. The summed E-state index contributed by atoms with van der Waals surface area (Å²) >= 11 is 12.4. The standard InChI is InChI=1S/C18H21ClN4O3S2/c1-4-22-16(25)15(17(26)23(5-2)18(22)27)11(3)20-21-14(24)10-28-13-8-6-12(19)7-9-13/h6-9,25H,4-5,10H2,1-3H3,(H,21,24). The van der Waals surface area contributed by atoms with Crippen molar-refractivity contribution in [3.63, 3.8) is 0 Å². The first kappa shape index (κ1) is 22.2. The number of nitrogens with one attached hydrogen (secondary N) is 1. The first-order valence-corrected chi connectivity index (χ1v) is 10.4. The third-order valence-corrected chi connectivity index (χ3v) is 5.63. The van der Waals surface area contributed by atoms with E-state index in [4.69, 9.17) is 23.8 Å². The molecule has 1 aromatic heterocycles. The van der Waals surface area contributed by atoms with Crippen molar-refractivity contribution in [2.45, 2.75) is 38.8 Å². The van der Waals surface area contributed by atoms with Gasteiger partial charge in [0.05, 0.1) is 11.5 Å². The molecule has 1 amide bonds. The van der Waals surface area contributed by atoms with Crippen LogP contribution in [0.2, 0.25) is 5.02 Å². The van der Waals surface area contributed by atoms with E-state index in [2.05, 4.69) is 10.5 Å². The molecule has 28 heavy (non-hydrogen) atoms. The van der Waals surface area contributed by atoms with Gasteiger partial charge in [-0.2, -0.15) is 5.10 Å². The second kappa shape index (κ2) is 9.90. The number of thioether (sulfide) groups is 1. The summed E-state index contributed by atoms with van der Waals surface area (Å²) in [4.78, 5) is 25.6. The van der Waals surface area contributed by atoms with Crippen LogP contribution in [0.3, 0.4) is 0 Å². The van der Waals surface area contributed by atoms with Gasteiger partial charge < -0.3 is 5.11 Å². The molecule has 2 aromatic rings. The maximum absolute atomic E-state index is 12.6. The van der Waals surface area contributed by atoms with Gasteiger partial charge in [-0.15, -0.1) is 11.8 Å². The van der Waals surface area contributed by atoms with Crippen molar-refractivity contribution in [1.82, 2.24) is 14.6 Å². The van der Waals surface area contributed by atoms with Gasteiger partial charge in [-0.1, -0.05) is 11.6 Å². The molecule has 10 heteroatoms. The molecular formula is C18H21ClN4O3S2. The summed E-state index contributed by atoms with van der Waals surface area (Å²) in [6.45, 7) is 5.91. The number of nitrogens with zero attached hydrogens (tertiary/aromatic N) is 3. The minimum atomic E-state index is -0.444. The van der Waals surface area contributed by atoms with Gasteiger partial charge in [0.15, 0.2) is 4.77 Å². The molecule has 0 atom stereocenters. The number of hydrogen-bond donors (Lipinski definition) is 2. The van der Waals surface area contributed by atoms with Gasteiger partial charge in [0.25, 0.3) is 5.56 Å². The number of benzene rings is 1. The molecule has 0 saturated heterocycles. The fraction of sp³-hybridized carbons (Fsp3) is 0.333. The smallest absolute Gasteiger partial charge is 0.267 e. The third-order valence-electron chi connectivity index (χ3n) is 3.93. The van der Waals surface area contributed by atoms with Gasteiger partial charge in [0.2, 0.25) is 11.8 Å². The van der Waals surface area contributed by atoms with E-state index in [-0.39, 0.29) is 33.6 Å². The number of hydrogen-bond acceptors (Lipinski definition) is 6. The van der Waals surface area contributed by atoms with Crippen LogP contribution in [0.4, 0.5) is 0 Å². The summed E-state index contributed by atoms with van der Waals surface area (Å²) in [5.41, 5.74) is 2.19. The zero-order valence-electron chi connectivity index (χ0n) is 15.7. The Morgan fingerprint density at radius 1 is 1.25 bits per heavy atom. The summed E-state index contributed by atoms with van der Waals surface area (Å²) in [6, 6.07) is 7.13. The number of rotatable bonds is 7. The lowest BCUT2D eigenvalue weighted by atomic mass is 10.2. The first-order chi connectivity index (χ1) is 13.3. The SMILES string of the molecule is CCn1c(O)c(C(C)=NNC(=O)CSc2ccc(Cl)cc2)c(=O)n(CC)c1=S. The molecule has 0 aliphatic carbocycles. The molecule has 0 spiro atoms. The van der Waals surface area contributed by atoms with Gasteiger partial charge >= 0.3 is 0 Å². The van der Waals surface area contributed by atoms with Crippen LogP contribution in [0.15, 0.2) is 39.1 Å². The van der Waals surface area contributed by atoms with Crippen molar-refractivity contribution >= 4 is 47.2 Å². The third kappa shape index (κ3) is 5.03. The molecular weight excluding hydrogens is 420 g/mol. The van der Waals surface area contributed by atoms with Crippen LogP contribution in [0.25, 0.3) is 0 Å². The van der Waals surface area contributed by atoms with E-state index in [9.17, 15) is 14.7 Å². The van der Waals surface area contributed by atoms with Crippen LogP contribution in [-0.4, -0.2) is 31.6 Å². The van der Waals surface area contributed by atoms with Gasteiger partial charge in [-0.05, 0) is 57.3 Å². The molecule has 150 valence electrons. The Morgan fingerprint density at radius 3 is 2.43 bits per heavy atom. The molecule has 0 saturated carbocycles. The van der Waals surface area contributed by atoms with Gasteiger partial charge in [-0.3, -0.25) is 18.7 Å². The average Bonchev–Trinajstić information content (AvgIpc) is 2.66. The van der Waals surface area contributed by atoms with Gasteiger partial charge in [0.1, 0.15) is 5.56 Å². The topological polar surface area (TPSA) is 88.6 Å². The minimum Gasteiger partial charge on any atom is -0.494 e. The lowest BCUT2D eigenvalue weighted by Crippen LogP contribution is -2.31. The normalized spacial score (nSPS) is 11.5. The van der Waals surface area contributed by atoms with Crippen LogP contribution >= 0.6 is 35.6 Å². The number of carbonyl (C=O) groups excluding carboxylic acids is 1. The van der Waals surface area contributed by atoms with Crippen LogP contribution in [0, 0.1) is 4.77 Å². The van der Waals surface area contributed by atoms with Crippen LogP contribution in [0.5, 0.6) is 5.88 Å². The number of halogens is 1. The Kier molecular flexibility index (Phi) is 7.85. The summed E-state index contributed by atoms with van der Waals surface area (Å²) in [6.07, 6.45) is 0. The predicted octanol–water partition coefficient (Wildman–Crippen LogP) is 3.41. The maximum atomic E-state index is 12.6. The van der Waals surface area contributed by atoms with Gasteiger partial charge in [-0.25, -0.2) is 5.43 Å². The minimum absolute atomic E-state index is 0.0166. The number of carbonyl (C=O) groups is 1. The molecule has 0 aliphatic heterocycles. The lowest BCUT2D eigenvalue weighted by Gasteiger charge is -2.15. The van der Waals surface area contributed by atoms with E-state index in [1.165, 1.54) is 20.9 Å². The predicted molar refractivity (Wildman–Crippen MR) is 115 cm³/mol. The lowest BCUT2D eigenvalue weighted by molar-refractivity contribution is -0.118. The molecule has 0 fully saturated rings. The second-order valence-electron chi connectivity index (χ2n) is 5.75. The van der Waals surface area contributed by atoms with Crippen molar-refractivity contribution in [3.8, 4) is 5.88 Å². The van der Waals surface area contributed by atoms with E-state index >= 15 is 0 Å². The molecule has 1 aromatic carbocycles. The van der Waals surface area contributed by atoms with Crippen LogP contribution in [-0.2, 0) is 17.9 Å². The van der Waals surface area contributed by atoms with E-state index < -0.39 is 5.56 Å². The summed E-state index contributed by atoms with van der Waals surface area (Å²) in [5, 5.41) is 15.1. The quantitative estimate of drug-likeness (QED) is 0.298. The van der Waals surface area contributed by atoms with E-state index in [0.717, 1.165) is 4.90 Å². The van der Waals surface area contributed by atoms with E-state index in [1.54, 1.807) is 26.0 Å². The molecule has 0 radical (unpaired) electrons. The highest BCUT2D eigenvalue weighted by atomic mass is 35.5. The Labute approximate surface area is 177 Å². The average molecular weight is 441 g/mol. The highest BCUT2D eigenvalue weighted by Crippen LogP contribution is 2.20. The fourth-order valence-electron chi connectivity index (χ4n) is 2.48. The Bertz CT molecular complexity index is 1010. The fourth-order valence-corrected chi connectivity index (χ4v) is 3.73. The highest BCUT2D eigenvalue weighted by Gasteiger charge is 2.18.